The van der Waals surface area contributed by atoms with Crippen LogP contribution in [-0.2, 0) is 11.3 Å². The summed E-state index contributed by atoms with van der Waals surface area (Å²) < 4.78 is 38.1. The Balaban J connectivity index is 3.25. The summed E-state index contributed by atoms with van der Waals surface area (Å²) in [5.41, 5.74) is 4.44. The van der Waals surface area contributed by atoms with E-state index in [0.29, 0.717) is 0 Å². The molecule has 0 spiro atoms. The van der Waals surface area contributed by atoms with E-state index in [9.17, 15) is 27.6 Å². The van der Waals surface area contributed by atoms with Gasteiger partial charge in [0.05, 0.1) is 6.54 Å². The number of hydrogen-bond acceptors (Lipinski definition) is 5. The van der Waals surface area contributed by atoms with Crippen LogP contribution < -0.4 is 27.2 Å². The number of aromatic nitrogens is 2. The van der Waals surface area contributed by atoms with Gasteiger partial charge in [-0.1, -0.05) is 27.7 Å². The van der Waals surface area contributed by atoms with Gasteiger partial charge in [-0.05, 0) is 11.8 Å². The van der Waals surface area contributed by atoms with E-state index in [0.717, 1.165) is 0 Å². The van der Waals surface area contributed by atoms with Crippen molar-refractivity contribution in [1.82, 2.24) is 14.9 Å². The topological polar surface area (TPSA) is 113 Å². The van der Waals surface area contributed by atoms with Crippen LogP contribution in [0, 0.1) is 11.8 Å². The van der Waals surface area contributed by atoms with E-state index in [2.05, 4.69) is 4.98 Å². The smallest absolute Gasteiger partial charge is 0.383 e. The summed E-state index contributed by atoms with van der Waals surface area (Å²) in [6, 6.07) is 0. The van der Waals surface area contributed by atoms with Gasteiger partial charge in [-0.2, -0.15) is 13.2 Å². The van der Waals surface area contributed by atoms with E-state index >= 15 is 0 Å². The van der Waals surface area contributed by atoms with E-state index in [1.165, 1.54) is 9.47 Å². The number of hydrogen-bond donors (Lipinski definition) is 3. The molecule has 0 saturated carbocycles. The molecule has 0 saturated heterocycles. The fourth-order valence-electron chi connectivity index (χ4n) is 2.53. The molecule has 0 unspecified atom stereocenters. The van der Waals surface area contributed by atoms with Crippen LogP contribution in [0.5, 0.6) is 0 Å². The lowest BCUT2D eigenvalue weighted by Crippen LogP contribution is -2.46. The van der Waals surface area contributed by atoms with Crippen molar-refractivity contribution in [3.63, 3.8) is 0 Å². The fraction of sp³-hybridized carbons (Fsp3) is 0.688. The van der Waals surface area contributed by atoms with E-state index in [1.54, 1.807) is 5.32 Å². The molecule has 4 N–H and O–H groups in total. The lowest BCUT2D eigenvalue weighted by molar-refractivity contribution is -0.137. The maximum Gasteiger partial charge on any atom is 0.405 e. The van der Waals surface area contributed by atoms with Gasteiger partial charge in [0.25, 0.3) is 5.56 Å². The molecule has 1 amide bonds. The monoisotopic (exact) mass is 393 g/mol. The van der Waals surface area contributed by atoms with Gasteiger partial charge in [-0.15, -0.1) is 0 Å². The van der Waals surface area contributed by atoms with Crippen molar-refractivity contribution in [2.45, 2.75) is 40.4 Å². The second-order valence-electron chi connectivity index (χ2n) is 7.16. The number of alkyl halides is 3. The number of nitrogen functional groups attached to an aromatic ring is 1. The van der Waals surface area contributed by atoms with E-state index in [-0.39, 0.29) is 36.4 Å². The second kappa shape index (κ2) is 8.96. The Hall–Kier alpha value is -2.46. The Kier molecular flexibility index (Phi) is 7.49. The zero-order valence-electron chi connectivity index (χ0n) is 15.8. The van der Waals surface area contributed by atoms with Gasteiger partial charge in [-0.3, -0.25) is 19.1 Å². The minimum atomic E-state index is -4.54. The van der Waals surface area contributed by atoms with Crippen molar-refractivity contribution >= 4 is 17.4 Å². The Morgan fingerprint density at radius 3 is 2.30 bits per heavy atom. The largest absolute Gasteiger partial charge is 0.405 e. The number of carbonyl (C=O) groups excluding carboxylic acids is 1. The third kappa shape index (κ3) is 6.99. The van der Waals surface area contributed by atoms with Crippen LogP contribution in [0.1, 0.15) is 27.7 Å². The molecule has 154 valence electrons. The summed E-state index contributed by atoms with van der Waals surface area (Å²) in [6.07, 6.45) is -4.54. The molecular weight excluding hydrogens is 367 g/mol. The number of halogens is 3. The maximum absolute atomic E-state index is 12.3. The molecule has 11 heteroatoms. The molecule has 0 aliphatic carbocycles. The minimum absolute atomic E-state index is 0.0234. The zero-order chi connectivity index (χ0) is 20.9. The van der Waals surface area contributed by atoms with Gasteiger partial charge in [-0.25, -0.2) is 4.79 Å². The average molecular weight is 393 g/mol. The number of nitrogens with one attached hydrogen (secondary N) is 2. The average Bonchev–Trinajstić information content (AvgIpc) is 2.47. The van der Waals surface area contributed by atoms with Crippen molar-refractivity contribution in [2.75, 3.05) is 30.3 Å². The van der Waals surface area contributed by atoms with E-state index in [1.807, 2.05) is 27.7 Å². The number of amides is 1. The number of nitrogens with two attached hydrogens (primary N) is 1. The van der Waals surface area contributed by atoms with Crippen LogP contribution in [0.2, 0.25) is 0 Å². The number of rotatable bonds is 8. The van der Waals surface area contributed by atoms with Gasteiger partial charge >= 0.3 is 11.9 Å². The Labute approximate surface area is 154 Å². The molecule has 0 bridgehead atoms. The molecule has 0 aromatic carbocycles. The summed E-state index contributed by atoms with van der Waals surface area (Å²) in [7, 11) is 0. The summed E-state index contributed by atoms with van der Waals surface area (Å²) in [5.74, 6) is -1.00. The van der Waals surface area contributed by atoms with Gasteiger partial charge < -0.3 is 16.0 Å². The number of aromatic amines is 1. The summed E-state index contributed by atoms with van der Waals surface area (Å²) in [6.45, 7) is 5.79. The highest BCUT2D eigenvalue weighted by molar-refractivity contribution is 5.82. The molecule has 1 aromatic heterocycles. The maximum atomic E-state index is 12.3. The molecule has 0 aliphatic rings. The first-order valence-corrected chi connectivity index (χ1v) is 8.52. The van der Waals surface area contributed by atoms with Crippen LogP contribution in [0.25, 0.3) is 0 Å². The highest BCUT2D eigenvalue weighted by Gasteiger charge is 2.29. The molecule has 0 aliphatic heterocycles. The molecule has 0 atom stereocenters. The first-order valence-electron chi connectivity index (χ1n) is 8.52. The molecule has 27 heavy (non-hydrogen) atoms. The third-order valence-corrected chi connectivity index (χ3v) is 3.48. The van der Waals surface area contributed by atoms with Crippen molar-refractivity contribution in [1.29, 1.82) is 0 Å². The van der Waals surface area contributed by atoms with Gasteiger partial charge in [0.15, 0.2) is 0 Å². The molecular formula is C16H26F3N5O3. The predicted molar refractivity (Wildman–Crippen MR) is 96.7 cm³/mol. The molecule has 0 fully saturated rings. The standard InChI is InChI=1S/C16H26F3N5O3/c1-9(2)5-23(7-11(25)21-8-16(17,18)19)12-13(20)24(6-10(3)4)15(27)22-14(12)26/h9-10H,5-8,20H2,1-4H3,(H,21,25)(H,22,26,27). The predicted octanol–water partition coefficient (Wildman–Crippen LogP) is 0.916. The van der Waals surface area contributed by atoms with Crippen LogP contribution in [0.4, 0.5) is 24.7 Å². The number of carbonyl (C=O) groups is 1. The van der Waals surface area contributed by atoms with Crippen molar-refractivity contribution < 1.29 is 18.0 Å². The highest BCUT2D eigenvalue weighted by atomic mass is 19.4. The van der Waals surface area contributed by atoms with Crippen molar-refractivity contribution in [2.24, 2.45) is 11.8 Å². The zero-order valence-corrected chi connectivity index (χ0v) is 15.8. The Morgan fingerprint density at radius 1 is 1.22 bits per heavy atom. The highest BCUT2D eigenvalue weighted by Crippen LogP contribution is 2.19. The summed E-state index contributed by atoms with van der Waals surface area (Å²) in [4.78, 5) is 39.7. The van der Waals surface area contributed by atoms with Crippen LogP contribution in [-0.4, -0.2) is 41.3 Å². The fourth-order valence-corrected chi connectivity index (χ4v) is 2.53. The second-order valence-corrected chi connectivity index (χ2v) is 7.16. The first-order chi connectivity index (χ1) is 12.3. The number of nitrogens with zero attached hydrogens (tertiary/aromatic N) is 2. The Bertz CT molecular complexity index is 768. The SMILES string of the molecule is CC(C)CN(CC(=O)NCC(F)(F)F)c1c(N)n(CC(C)C)c(=O)[nH]c1=O. The van der Waals surface area contributed by atoms with Crippen LogP contribution in [0.3, 0.4) is 0 Å². The number of anilines is 2. The van der Waals surface area contributed by atoms with Crippen LogP contribution in [0.15, 0.2) is 9.59 Å². The van der Waals surface area contributed by atoms with Crippen molar-refractivity contribution in [3.8, 4) is 0 Å². The molecule has 1 rings (SSSR count). The first kappa shape index (κ1) is 22.6. The van der Waals surface area contributed by atoms with Crippen molar-refractivity contribution in [3.05, 3.63) is 20.8 Å². The number of H-pyrrole nitrogens is 1. The summed E-state index contributed by atoms with van der Waals surface area (Å²) >= 11 is 0. The van der Waals surface area contributed by atoms with Gasteiger partial charge in [0, 0.05) is 13.1 Å². The van der Waals surface area contributed by atoms with Gasteiger partial charge in [0.2, 0.25) is 5.91 Å². The minimum Gasteiger partial charge on any atom is -0.383 e. The lowest BCUT2D eigenvalue weighted by atomic mass is 10.2. The normalized spacial score (nSPS) is 11.9. The van der Waals surface area contributed by atoms with E-state index in [4.69, 9.17) is 5.73 Å². The molecule has 1 heterocycles. The van der Waals surface area contributed by atoms with Gasteiger partial charge in [0.1, 0.15) is 18.1 Å². The molecule has 8 nitrogen and oxygen atoms in total. The third-order valence-electron chi connectivity index (χ3n) is 3.48. The molecule has 1 aromatic rings. The summed E-state index contributed by atoms with van der Waals surface area (Å²) in [5, 5.41) is 1.77. The quantitative estimate of drug-likeness (QED) is 0.608. The lowest BCUT2D eigenvalue weighted by Gasteiger charge is -2.27. The van der Waals surface area contributed by atoms with Crippen LogP contribution >= 0.6 is 0 Å². The molecule has 0 radical (unpaired) electrons. The Morgan fingerprint density at radius 2 is 1.81 bits per heavy atom. The van der Waals surface area contributed by atoms with E-state index < -0.39 is 36.4 Å².